The molecule has 0 aromatic carbocycles. The van der Waals surface area contributed by atoms with Gasteiger partial charge in [-0.2, -0.15) is 0 Å². The number of carbonyl (C=O) groups is 1. The second-order valence-corrected chi connectivity index (χ2v) is 6.06. The zero-order valence-electron chi connectivity index (χ0n) is 13.7. The third kappa shape index (κ3) is 3.48. The van der Waals surface area contributed by atoms with Gasteiger partial charge in [-0.05, 0) is 20.3 Å². The van der Waals surface area contributed by atoms with Gasteiger partial charge < -0.3 is 15.3 Å². The van der Waals surface area contributed by atoms with Gasteiger partial charge in [0.2, 0.25) is 0 Å². The first-order chi connectivity index (χ1) is 11.5. The quantitative estimate of drug-likeness (QED) is 0.829. The minimum absolute atomic E-state index is 0.163. The highest BCUT2D eigenvalue weighted by Gasteiger charge is 2.37. The van der Waals surface area contributed by atoms with Crippen LogP contribution in [0.1, 0.15) is 28.3 Å². The van der Waals surface area contributed by atoms with Crippen molar-refractivity contribution in [2.45, 2.75) is 25.9 Å². The van der Waals surface area contributed by atoms with E-state index in [-0.39, 0.29) is 12.5 Å². The number of amides is 1. The van der Waals surface area contributed by atoms with E-state index in [0.717, 1.165) is 5.82 Å². The Hall–Kier alpha value is -2.61. The van der Waals surface area contributed by atoms with E-state index in [2.05, 4.69) is 25.3 Å². The molecule has 1 amide bonds. The van der Waals surface area contributed by atoms with Crippen LogP contribution in [0.3, 0.4) is 0 Å². The number of carbonyl (C=O) groups excluding carboxylic acids is 1. The molecule has 0 unspecified atom stereocenters. The fourth-order valence-electron chi connectivity index (χ4n) is 2.80. The lowest BCUT2D eigenvalue weighted by molar-refractivity contribution is 0.0575. The molecule has 0 aliphatic carbocycles. The molecule has 126 valence electrons. The number of hydrogen-bond donors (Lipinski definition) is 2. The summed E-state index contributed by atoms with van der Waals surface area (Å²) in [5.41, 5.74) is 0.0553. The van der Waals surface area contributed by atoms with Gasteiger partial charge in [0.15, 0.2) is 0 Å². The van der Waals surface area contributed by atoms with E-state index in [1.807, 2.05) is 4.90 Å². The molecule has 1 aliphatic heterocycles. The summed E-state index contributed by atoms with van der Waals surface area (Å²) in [5, 5.41) is 13.5. The first kappa shape index (κ1) is 16.3. The summed E-state index contributed by atoms with van der Waals surface area (Å²) >= 11 is 0. The van der Waals surface area contributed by atoms with Gasteiger partial charge in [-0.1, -0.05) is 0 Å². The molecule has 0 bridgehead atoms. The van der Waals surface area contributed by atoms with Gasteiger partial charge in [0.05, 0.1) is 17.5 Å². The highest BCUT2D eigenvalue weighted by Crippen LogP contribution is 2.24. The van der Waals surface area contributed by atoms with E-state index in [9.17, 15) is 9.90 Å². The Morgan fingerprint density at radius 1 is 1.33 bits per heavy atom. The second-order valence-electron chi connectivity index (χ2n) is 6.06. The maximum atomic E-state index is 12.3. The fraction of sp³-hybridized carbons (Fsp3) is 0.438. The van der Waals surface area contributed by atoms with Gasteiger partial charge in [-0.25, -0.2) is 15.0 Å². The van der Waals surface area contributed by atoms with Crippen molar-refractivity contribution in [1.82, 2.24) is 25.3 Å². The number of nitrogens with zero attached hydrogens (tertiary/aromatic N) is 5. The molecule has 8 heteroatoms. The molecule has 0 spiro atoms. The Labute approximate surface area is 140 Å². The van der Waals surface area contributed by atoms with E-state index in [0.29, 0.717) is 36.6 Å². The number of rotatable bonds is 4. The Bertz CT molecular complexity index is 739. The summed E-state index contributed by atoms with van der Waals surface area (Å²) in [7, 11) is 0. The molecular weight excluding hydrogens is 308 g/mol. The van der Waals surface area contributed by atoms with E-state index in [4.69, 9.17) is 0 Å². The molecule has 24 heavy (non-hydrogen) atoms. The van der Waals surface area contributed by atoms with Crippen molar-refractivity contribution in [3.63, 3.8) is 0 Å². The Kier molecular flexibility index (Phi) is 4.39. The maximum absolute atomic E-state index is 12.3. The van der Waals surface area contributed by atoms with E-state index < -0.39 is 5.60 Å². The molecule has 0 radical (unpaired) electrons. The molecule has 1 saturated heterocycles. The summed E-state index contributed by atoms with van der Waals surface area (Å²) in [4.78, 5) is 30.8. The molecule has 3 heterocycles. The van der Waals surface area contributed by atoms with E-state index in [1.54, 1.807) is 32.4 Å². The molecule has 8 nitrogen and oxygen atoms in total. The Morgan fingerprint density at radius 3 is 2.88 bits per heavy atom. The molecule has 2 aromatic rings. The topological polar surface area (TPSA) is 104 Å². The summed E-state index contributed by atoms with van der Waals surface area (Å²) in [5.74, 6) is 1.07. The number of hydrogen-bond acceptors (Lipinski definition) is 7. The number of β-amino-alcohol motifs (C(OH)–C–C–N with tert-alkyl or cyclic N) is 1. The molecular formula is C16H20N6O2. The van der Waals surface area contributed by atoms with Crippen LogP contribution in [0.2, 0.25) is 0 Å². The monoisotopic (exact) mass is 328 g/mol. The SMILES string of the molecule is Cc1ncc(C(=O)NC[C@@]2(O)CCN(c3cnccn3)C2)c(C)n1. The van der Waals surface area contributed by atoms with Gasteiger partial charge in [0.25, 0.3) is 5.91 Å². The van der Waals surface area contributed by atoms with Crippen LogP contribution in [0, 0.1) is 13.8 Å². The third-order valence-corrected chi connectivity index (χ3v) is 4.13. The average molecular weight is 328 g/mol. The standard InChI is InChI=1S/C16H20N6O2/c1-11-13(7-19-12(2)21-11)15(23)20-9-16(24)3-6-22(10-16)14-8-17-4-5-18-14/h4-5,7-8,24H,3,6,9-10H2,1-2H3,(H,20,23)/t16-/m0/s1. The van der Waals surface area contributed by atoms with Gasteiger partial charge in [0, 0.05) is 38.2 Å². The number of aliphatic hydroxyl groups is 1. The summed E-state index contributed by atoms with van der Waals surface area (Å²) in [6, 6.07) is 0. The number of aromatic nitrogens is 4. The van der Waals surface area contributed by atoms with Crippen molar-refractivity contribution in [2.24, 2.45) is 0 Å². The first-order valence-electron chi connectivity index (χ1n) is 7.79. The van der Waals surface area contributed by atoms with Crippen LogP contribution in [-0.2, 0) is 0 Å². The number of nitrogens with one attached hydrogen (secondary N) is 1. The van der Waals surface area contributed by atoms with Gasteiger partial charge >= 0.3 is 0 Å². The van der Waals surface area contributed by atoms with Crippen LogP contribution < -0.4 is 10.2 Å². The number of aryl methyl sites for hydroxylation is 2. The van der Waals surface area contributed by atoms with Crippen LogP contribution in [0.4, 0.5) is 5.82 Å². The lowest BCUT2D eigenvalue weighted by Gasteiger charge is -2.24. The second kappa shape index (κ2) is 6.48. The number of anilines is 1. The third-order valence-electron chi connectivity index (χ3n) is 4.13. The van der Waals surface area contributed by atoms with Gasteiger partial charge in [0.1, 0.15) is 17.2 Å². The first-order valence-corrected chi connectivity index (χ1v) is 7.79. The van der Waals surface area contributed by atoms with Gasteiger partial charge in [-0.15, -0.1) is 0 Å². The zero-order chi connectivity index (χ0) is 17.2. The lowest BCUT2D eigenvalue weighted by atomic mass is 10.0. The Morgan fingerprint density at radius 2 is 2.17 bits per heavy atom. The van der Waals surface area contributed by atoms with Crippen molar-refractivity contribution in [3.05, 3.63) is 41.9 Å². The molecule has 1 atom stereocenters. The van der Waals surface area contributed by atoms with Crippen LogP contribution in [0.5, 0.6) is 0 Å². The zero-order valence-corrected chi connectivity index (χ0v) is 13.7. The Balaban J connectivity index is 1.61. The van der Waals surface area contributed by atoms with Crippen LogP contribution >= 0.6 is 0 Å². The average Bonchev–Trinajstić information content (AvgIpc) is 2.96. The predicted octanol–water partition coefficient (Wildman–Crippen LogP) is 0.255. The molecule has 3 rings (SSSR count). The molecule has 1 fully saturated rings. The molecule has 2 aromatic heterocycles. The minimum atomic E-state index is -0.993. The summed E-state index contributed by atoms with van der Waals surface area (Å²) in [6.07, 6.45) is 6.95. The predicted molar refractivity (Wildman–Crippen MR) is 87.7 cm³/mol. The summed E-state index contributed by atoms with van der Waals surface area (Å²) < 4.78 is 0. The van der Waals surface area contributed by atoms with Crippen LogP contribution in [0.15, 0.2) is 24.8 Å². The normalized spacial score (nSPS) is 20.2. The molecule has 2 N–H and O–H groups in total. The van der Waals surface area contributed by atoms with E-state index in [1.165, 1.54) is 6.20 Å². The van der Waals surface area contributed by atoms with Crippen molar-refractivity contribution < 1.29 is 9.90 Å². The lowest BCUT2D eigenvalue weighted by Crippen LogP contribution is -2.45. The largest absolute Gasteiger partial charge is 0.386 e. The van der Waals surface area contributed by atoms with Crippen molar-refractivity contribution >= 4 is 11.7 Å². The highest BCUT2D eigenvalue weighted by molar-refractivity contribution is 5.94. The summed E-state index contributed by atoms with van der Waals surface area (Å²) in [6.45, 7) is 4.77. The maximum Gasteiger partial charge on any atom is 0.254 e. The van der Waals surface area contributed by atoms with Crippen molar-refractivity contribution in [1.29, 1.82) is 0 Å². The highest BCUT2D eigenvalue weighted by atomic mass is 16.3. The van der Waals surface area contributed by atoms with Crippen LogP contribution in [0.25, 0.3) is 0 Å². The fourth-order valence-corrected chi connectivity index (χ4v) is 2.80. The van der Waals surface area contributed by atoms with Crippen LogP contribution in [-0.4, -0.2) is 56.2 Å². The minimum Gasteiger partial charge on any atom is -0.386 e. The van der Waals surface area contributed by atoms with Gasteiger partial charge in [-0.3, -0.25) is 9.78 Å². The van der Waals surface area contributed by atoms with Crippen molar-refractivity contribution in [3.8, 4) is 0 Å². The molecule has 1 aliphatic rings. The van der Waals surface area contributed by atoms with E-state index >= 15 is 0 Å². The molecule has 0 saturated carbocycles. The van der Waals surface area contributed by atoms with Crippen molar-refractivity contribution in [2.75, 3.05) is 24.5 Å². The smallest absolute Gasteiger partial charge is 0.254 e.